The van der Waals surface area contributed by atoms with E-state index in [1.165, 1.54) is 0 Å². The quantitative estimate of drug-likeness (QED) is 0.349. The van der Waals surface area contributed by atoms with Crippen molar-refractivity contribution in [2.45, 2.75) is 38.8 Å². The smallest absolute Gasteiger partial charge is 0.423 e. The number of aromatic nitrogens is 2. The number of carbonyl (C=O) groups excluding carboxylic acids is 1. The molecule has 0 aliphatic carbocycles. The third-order valence-electron chi connectivity index (χ3n) is 6.43. The minimum absolute atomic E-state index is 0.0627. The first-order chi connectivity index (χ1) is 16.4. The van der Waals surface area contributed by atoms with Crippen LogP contribution in [-0.2, 0) is 19.4 Å². The number of benzene rings is 2. The zero-order chi connectivity index (χ0) is 23.8. The van der Waals surface area contributed by atoms with E-state index >= 15 is 0 Å². The van der Waals surface area contributed by atoms with Gasteiger partial charge in [-0.15, -0.1) is 0 Å². The molecule has 3 heterocycles. The minimum atomic E-state index is -1.51. The van der Waals surface area contributed by atoms with Crippen LogP contribution in [0.4, 0.5) is 23.3 Å². The van der Waals surface area contributed by atoms with Gasteiger partial charge in [-0.3, -0.25) is 4.79 Å². The maximum absolute atomic E-state index is 12.0. The van der Waals surface area contributed by atoms with Crippen molar-refractivity contribution < 1.29 is 14.8 Å². The van der Waals surface area contributed by atoms with Crippen LogP contribution in [0.2, 0.25) is 0 Å². The lowest BCUT2D eigenvalue weighted by Crippen LogP contribution is -2.30. The maximum atomic E-state index is 12.0. The molecule has 3 aromatic rings. The number of primary amides is 1. The first-order valence-electron chi connectivity index (χ1n) is 11.5. The Kier molecular flexibility index (Phi) is 5.85. The molecule has 0 fully saturated rings. The summed E-state index contributed by atoms with van der Waals surface area (Å²) >= 11 is 0. The molecule has 174 valence electrons. The summed E-state index contributed by atoms with van der Waals surface area (Å²) in [6, 6.07) is 12.8. The summed E-state index contributed by atoms with van der Waals surface area (Å²) in [5.41, 5.74) is 10.4. The van der Waals surface area contributed by atoms with Gasteiger partial charge >= 0.3 is 7.12 Å². The predicted octanol–water partition coefficient (Wildman–Crippen LogP) is 1.31. The van der Waals surface area contributed by atoms with Crippen LogP contribution in [0.1, 0.15) is 40.4 Å². The molecule has 2 aromatic carbocycles. The Bertz CT molecular complexity index is 1250. The summed E-state index contributed by atoms with van der Waals surface area (Å²) in [6.45, 7) is 3.40. The Hall–Kier alpha value is -3.63. The van der Waals surface area contributed by atoms with Crippen molar-refractivity contribution in [2.24, 2.45) is 5.73 Å². The number of rotatable bonds is 6. The van der Waals surface area contributed by atoms with E-state index in [0.717, 1.165) is 53.4 Å². The van der Waals surface area contributed by atoms with E-state index in [2.05, 4.69) is 22.5 Å². The van der Waals surface area contributed by atoms with E-state index in [-0.39, 0.29) is 6.04 Å². The Labute approximate surface area is 198 Å². The summed E-state index contributed by atoms with van der Waals surface area (Å²) in [5, 5.41) is 25.8. The van der Waals surface area contributed by atoms with Gasteiger partial charge in [0.05, 0.1) is 0 Å². The molecule has 1 unspecified atom stereocenters. The van der Waals surface area contributed by atoms with Crippen molar-refractivity contribution in [1.82, 2.24) is 9.97 Å². The Balaban J connectivity index is 1.51. The molecule has 2 aliphatic rings. The average Bonchev–Trinajstić information content (AvgIpc) is 3.18. The zero-order valence-electron chi connectivity index (χ0n) is 19.0. The third-order valence-corrected chi connectivity index (χ3v) is 6.43. The fraction of sp³-hybridized carbons (Fsp3) is 0.292. The van der Waals surface area contributed by atoms with E-state index in [1.807, 2.05) is 18.2 Å². The molecule has 0 saturated heterocycles. The topological polar surface area (TPSA) is 137 Å². The van der Waals surface area contributed by atoms with Crippen molar-refractivity contribution in [3.63, 3.8) is 0 Å². The number of hydrogen-bond acceptors (Lipinski definition) is 8. The summed E-state index contributed by atoms with van der Waals surface area (Å²) in [6.07, 6.45) is 2.53. The molecule has 1 amide bonds. The molecule has 34 heavy (non-hydrogen) atoms. The van der Waals surface area contributed by atoms with Crippen LogP contribution >= 0.6 is 0 Å². The van der Waals surface area contributed by atoms with Crippen molar-refractivity contribution in [1.29, 1.82) is 0 Å². The van der Waals surface area contributed by atoms with Gasteiger partial charge < -0.3 is 31.3 Å². The Morgan fingerprint density at radius 2 is 2.06 bits per heavy atom. The molecule has 0 bridgehead atoms. The third kappa shape index (κ3) is 4.06. The molecule has 2 aliphatic heterocycles. The molecule has 0 spiro atoms. The number of anilines is 4. The van der Waals surface area contributed by atoms with Gasteiger partial charge in [0.15, 0.2) is 0 Å². The zero-order valence-corrected chi connectivity index (χ0v) is 19.0. The lowest BCUT2D eigenvalue weighted by atomic mass is 9.79. The summed E-state index contributed by atoms with van der Waals surface area (Å²) in [5.74, 6) is 1.68. The number of nitrogens with zero attached hydrogens (tertiary/aromatic N) is 3. The van der Waals surface area contributed by atoms with E-state index < -0.39 is 13.0 Å². The molecule has 9 nitrogen and oxygen atoms in total. The minimum Gasteiger partial charge on any atom is -0.423 e. The first-order valence-corrected chi connectivity index (χ1v) is 11.5. The molecule has 5 rings (SSSR count). The molecule has 1 aromatic heterocycles. The standard InChI is InChI=1S/C24H27BN6O3/c1-14-11-19-17(21(26)32)7-3-9-20(19)31(14)24-29-22-18(8-4-10-27-22)23(30-24)28-13-15-5-2-6-16(12-15)25(33)34/h2-3,5-7,9,12,14,33-34H,4,8,10-11,13H2,1H3,(H2,26,32)(H2,27,28,29,30). The van der Waals surface area contributed by atoms with Crippen molar-refractivity contribution in [3.8, 4) is 0 Å². The van der Waals surface area contributed by atoms with Gasteiger partial charge in [0.1, 0.15) is 11.6 Å². The van der Waals surface area contributed by atoms with Gasteiger partial charge in [-0.1, -0.05) is 30.3 Å². The molecular weight excluding hydrogens is 431 g/mol. The molecule has 0 radical (unpaired) electrons. The molecule has 6 N–H and O–H groups in total. The Morgan fingerprint density at radius 1 is 1.24 bits per heavy atom. The average molecular weight is 458 g/mol. The van der Waals surface area contributed by atoms with Crippen molar-refractivity contribution in [2.75, 3.05) is 22.1 Å². The summed E-state index contributed by atoms with van der Waals surface area (Å²) in [4.78, 5) is 23.8. The second-order valence-corrected chi connectivity index (χ2v) is 8.79. The number of hydrogen-bond donors (Lipinski definition) is 5. The predicted molar refractivity (Wildman–Crippen MR) is 133 cm³/mol. The monoisotopic (exact) mass is 458 g/mol. The number of carbonyl (C=O) groups is 1. The van der Waals surface area contributed by atoms with Gasteiger partial charge in [-0.2, -0.15) is 9.97 Å². The van der Waals surface area contributed by atoms with Crippen LogP contribution in [-0.4, -0.2) is 45.6 Å². The summed E-state index contributed by atoms with van der Waals surface area (Å²) < 4.78 is 0. The lowest BCUT2D eigenvalue weighted by Gasteiger charge is -2.27. The van der Waals surface area contributed by atoms with Gasteiger partial charge in [0.25, 0.3) is 0 Å². The van der Waals surface area contributed by atoms with Crippen LogP contribution in [0.3, 0.4) is 0 Å². The number of fused-ring (bicyclic) bond motifs is 2. The van der Waals surface area contributed by atoms with E-state index in [0.29, 0.717) is 29.9 Å². The van der Waals surface area contributed by atoms with Gasteiger partial charge in [-0.05, 0) is 54.9 Å². The lowest BCUT2D eigenvalue weighted by molar-refractivity contribution is 0.0999. The van der Waals surface area contributed by atoms with Crippen molar-refractivity contribution in [3.05, 3.63) is 64.7 Å². The van der Waals surface area contributed by atoms with Gasteiger partial charge in [-0.25, -0.2) is 0 Å². The second-order valence-electron chi connectivity index (χ2n) is 8.79. The van der Waals surface area contributed by atoms with Crippen LogP contribution < -0.4 is 26.7 Å². The molecule has 0 saturated carbocycles. The van der Waals surface area contributed by atoms with Crippen LogP contribution in [0.5, 0.6) is 0 Å². The van der Waals surface area contributed by atoms with Gasteiger partial charge in [0.2, 0.25) is 11.9 Å². The van der Waals surface area contributed by atoms with Crippen molar-refractivity contribution >= 4 is 41.8 Å². The van der Waals surface area contributed by atoms with E-state index in [4.69, 9.17) is 15.7 Å². The maximum Gasteiger partial charge on any atom is 0.488 e. The number of amides is 1. The fourth-order valence-electron chi connectivity index (χ4n) is 4.81. The SMILES string of the molecule is CC1Cc2c(C(N)=O)cccc2N1c1nc2c(c(NCc3cccc(B(O)O)c3)n1)CCCN2. The second kappa shape index (κ2) is 8.96. The highest BCUT2D eigenvalue weighted by Gasteiger charge is 2.33. The van der Waals surface area contributed by atoms with Crippen LogP contribution in [0.25, 0.3) is 0 Å². The highest BCUT2D eigenvalue weighted by atomic mass is 16.4. The molecule has 1 atom stereocenters. The molecule has 10 heteroatoms. The highest BCUT2D eigenvalue weighted by Crippen LogP contribution is 2.40. The largest absolute Gasteiger partial charge is 0.488 e. The normalized spacial score (nSPS) is 16.4. The molecular formula is C24H27BN6O3. The first kappa shape index (κ1) is 22.2. The number of nitrogens with two attached hydrogens (primary N) is 1. The Morgan fingerprint density at radius 3 is 2.85 bits per heavy atom. The van der Waals surface area contributed by atoms with Crippen LogP contribution in [0.15, 0.2) is 42.5 Å². The number of nitrogens with one attached hydrogen (secondary N) is 2. The highest BCUT2D eigenvalue weighted by molar-refractivity contribution is 6.58. The van der Waals surface area contributed by atoms with Gasteiger partial charge in [0, 0.05) is 35.9 Å². The van der Waals surface area contributed by atoms with E-state index in [9.17, 15) is 14.8 Å². The fourth-order valence-corrected chi connectivity index (χ4v) is 4.81. The summed E-state index contributed by atoms with van der Waals surface area (Å²) in [7, 11) is -1.51. The van der Waals surface area contributed by atoms with E-state index in [1.54, 1.807) is 24.3 Å². The van der Waals surface area contributed by atoms with Crippen LogP contribution in [0, 0.1) is 0 Å².